The van der Waals surface area contributed by atoms with Crippen LogP contribution in [-0.2, 0) is 0 Å². The van der Waals surface area contributed by atoms with Crippen LogP contribution >= 0.6 is 0 Å². The number of nitrogen functional groups attached to an aromatic ring is 1. The Morgan fingerprint density at radius 1 is 1.15 bits per heavy atom. The van der Waals surface area contributed by atoms with E-state index in [1.165, 1.54) is 0 Å². The molecule has 5 heteroatoms. The Morgan fingerprint density at radius 3 is 2.60 bits per heavy atom. The molecule has 5 nitrogen and oxygen atoms in total. The number of nitrogens with zero attached hydrogens (tertiary/aromatic N) is 2. The Morgan fingerprint density at radius 2 is 1.95 bits per heavy atom. The number of hydrogen-bond acceptors (Lipinski definition) is 5. The van der Waals surface area contributed by atoms with E-state index in [4.69, 9.17) is 10.2 Å². The van der Waals surface area contributed by atoms with Crippen LogP contribution in [0.4, 0.5) is 5.82 Å². The SMILES string of the molecule is Nc1ncc(-c2ccco2)nc1-c1ccc(C=O)cc1. The molecule has 0 saturated carbocycles. The predicted octanol–water partition coefficient (Wildman–Crippen LogP) is 2.80. The molecule has 0 amide bonds. The second-order valence-corrected chi connectivity index (χ2v) is 4.21. The molecule has 0 fully saturated rings. The van der Waals surface area contributed by atoms with Crippen LogP contribution in [0.3, 0.4) is 0 Å². The molecule has 0 spiro atoms. The lowest BCUT2D eigenvalue weighted by Gasteiger charge is -2.06. The largest absolute Gasteiger partial charge is 0.463 e. The van der Waals surface area contributed by atoms with Gasteiger partial charge in [0.1, 0.15) is 23.5 Å². The van der Waals surface area contributed by atoms with E-state index >= 15 is 0 Å². The van der Waals surface area contributed by atoms with E-state index in [9.17, 15) is 4.79 Å². The van der Waals surface area contributed by atoms with E-state index in [-0.39, 0.29) is 0 Å². The van der Waals surface area contributed by atoms with Crippen molar-refractivity contribution >= 4 is 12.1 Å². The highest BCUT2D eigenvalue weighted by Crippen LogP contribution is 2.26. The molecule has 0 atom stereocenters. The fourth-order valence-corrected chi connectivity index (χ4v) is 1.87. The van der Waals surface area contributed by atoms with Gasteiger partial charge in [0.05, 0.1) is 12.5 Å². The second kappa shape index (κ2) is 4.97. The highest BCUT2D eigenvalue weighted by molar-refractivity contribution is 5.78. The number of anilines is 1. The third kappa shape index (κ3) is 2.16. The van der Waals surface area contributed by atoms with Gasteiger partial charge < -0.3 is 10.2 Å². The van der Waals surface area contributed by atoms with Gasteiger partial charge in [-0.15, -0.1) is 0 Å². The molecule has 0 saturated heterocycles. The molecule has 3 aromatic rings. The lowest BCUT2D eigenvalue weighted by Crippen LogP contribution is -1.98. The van der Waals surface area contributed by atoms with Crippen molar-refractivity contribution in [2.45, 2.75) is 0 Å². The smallest absolute Gasteiger partial charge is 0.153 e. The van der Waals surface area contributed by atoms with Crippen LogP contribution in [0.1, 0.15) is 10.4 Å². The maximum atomic E-state index is 10.7. The molecule has 2 aromatic heterocycles. The zero-order valence-corrected chi connectivity index (χ0v) is 10.5. The van der Waals surface area contributed by atoms with Crippen LogP contribution in [0, 0.1) is 0 Å². The van der Waals surface area contributed by atoms with Crippen LogP contribution in [0.15, 0.2) is 53.3 Å². The minimum absolute atomic E-state index is 0.333. The number of aldehydes is 1. The summed E-state index contributed by atoms with van der Waals surface area (Å²) in [5.41, 5.74) is 8.45. The Kier molecular flexibility index (Phi) is 3.01. The molecule has 98 valence electrons. The molecule has 1 aromatic carbocycles. The van der Waals surface area contributed by atoms with Crippen molar-refractivity contribution in [2.75, 3.05) is 5.73 Å². The molecule has 0 radical (unpaired) electrons. The number of nitrogens with two attached hydrogens (primary N) is 1. The molecule has 2 N–H and O–H groups in total. The minimum Gasteiger partial charge on any atom is -0.463 e. The summed E-state index contributed by atoms with van der Waals surface area (Å²) in [5.74, 6) is 0.961. The average molecular weight is 265 g/mol. The Bertz CT molecular complexity index is 734. The molecule has 0 aliphatic heterocycles. The van der Waals surface area contributed by atoms with Crippen molar-refractivity contribution < 1.29 is 9.21 Å². The van der Waals surface area contributed by atoms with Crippen LogP contribution in [0.2, 0.25) is 0 Å². The van der Waals surface area contributed by atoms with Gasteiger partial charge in [0.2, 0.25) is 0 Å². The fraction of sp³-hybridized carbons (Fsp3) is 0. The first kappa shape index (κ1) is 12.1. The monoisotopic (exact) mass is 265 g/mol. The van der Waals surface area contributed by atoms with Gasteiger partial charge in [-0.3, -0.25) is 4.79 Å². The fourth-order valence-electron chi connectivity index (χ4n) is 1.87. The van der Waals surface area contributed by atoms with Gasteiger partial charge in [-0.1, -0.05) is 24.3 Å². The van der Waals surface area contributed by atoms with E-state index in [0.29, 0.717) is 28.5 Å². The number of benzene rings is 1. The van der Waals surface area contributed by atoms with Gasteiger partial charge in [0, 0.05) is 11.1 Å². The normalized spacial score (nSPS) is 10.4. The Hall–Kier alpha value is -2.95. The third-order valence-corrected chi connectivity index (χ3v) is 2.89. The van der Waals surface area contributed by atoms with E-state index in [2.05, 4.69) is 9.97 Å². The van der Waals surface area contributed by atoms with Crippen molar-refractivity contribution in [3.63, 3.8) is 0 Å². The lowest BCUT2D eigenvalue weighted by molar-refractivity contribution is 0.112. The van der Waals surface area contributed by atoms with Gasteiger partial charge in [-0.2, -0.15) is 0 Å². The van der Waals surface area contributed by atoms with E-state index in [1.54, 1.807) is 48.9 Å². The Labute approximate surface area is 115 Å². The molecule has 3 rings (SSSR count). The summed E-state index contributed by atoms with van der Waals surface area (Å²) in [5, 5.41) is 0. The quantitative estimate of drug-likeness (QED) is 0.736. The number of hydrogen-bond donors (Lipinski definition) is 1. The molecule has 0 unspecified atom stereocenters. The van der Waals surface area contributed by atoms with E-state index in [0.717, 1.165) is 11.8 Å². The lowest BCUT2D eigenvalue weighted by atomic mass is 10.1. The van der Waals surface area contributed by atoms with Crippen molar-refractivity contribution in [3.8, 4) is 22.7 Å². The first-order valence-corrected chi connectivity index (χ1v) is 6.00. The number of aromatic nitrogens is 2. The van der Waals surface area contributed by atoms with Gasteiger partial charge in [-0.25, -0.2) is 9.97 Å². The summed E-state index contributed by atoms with van der Waals surface area (Å²) < 4.78 is 5.30. The first-order valence-electron chi connectivity index (χ1n) is 6.00. The number of furan rings is 1. The molecule has 0 bridgehead atoms. The summed E-state index contributed by atoms with van der Waals surface area (Å²) >= 11 is 0. The molecular formula is C15H11N3O2. The summed E-state index contributed by atoms with van der Waals surface area (Å²) in [6.45, 7) is 0. The predicted molar refractivity (Wildman–Crippen MR) is 75.0 cm³/mol. The molecule has 2 heterocycles. The summed E-state index contributed by atoms with van der Waals surface area (Å²) in [6, 6.07) is 10.6. The van der Waals surface area contributed by atoms with Crippen LogP contribution < -0.4 is 5.73 Å². The van der Waals surface area contributed by atoms with Crippen LogP contribution in [-0.4, -0.2) is 16.3 Å². The van der Waals surface area contributed by atoms with Crippen molar-refractivity contribution in [2.24, 2.45) is 0 Å². The molecule has 0 aliphatic carbocycles. The Balaban J connectivity index is 2.07. The molecular weight excluding hydrogens is 254 g/mol. The summed E-state index contributed by atoms with van der Waals surface area (Å²) in [4.78, 5) is 19.3. The minimum atomic E-state index is 0.333. The van der Waals surface area contributed by atoms with Crippen molar-refractivity contribution in [1.29, 1.82) is 0 Å². The summed E-state index contributed by atoms with van der Waals surface area (Å²) in [6.07, 6.45) is 3.93. The van der Waals surface area contributed by atoms with Gasteiger partial charge in [0.25, 0.3) is 0 Å². The third-order valence-electron chi connectivity index (χ3n) is 2.89. The zero-order valence-electron chi connectivity index (χ0n) is 10.5. The molecule has 0 aliphatic rings. The van der Waals surface area contributed by atoms with Crippen molar-refractivity contribution in [3.05, 3.63) is 54.4 Å². The van der Waals surface area contributed by atoms with Crippen LogP contribution in [0.25, 0.3) is 22.7 Å². The second-order valence-electron chi connectivity index (χ2n) is 4.21. The van der Waals surface area contributed by atoms with Gasteiger partial charge >= 0.3 is 0 Å². The first-order chi connectivity index (χ1) is 9.78. The standard InChI is InChI=1S/C15H11N3O2/c16-15-14(11-5-3-10(9-19)4-6-11)18-12(8-17-15)13-2-1-7-20-13/h1-9H,(H2,16,17). The van der Waals surface area contributed by atoms with Gasteiger partial charge in [0.15, 0.2) is 5.76 Å². The van der Waals surface area contributed by atoms with Crippen LogP contribution in [0.5, 0.6) is 0 Å². The highest BCUT2D eigenvalue weighted by atomic mass is 16.3. The maximum absolute atomic E-state index is 10.7. The van der Waals surface area contributed by atoms with Crippen molar-refractivity contribution in [1.82, 2.24) is 9.97 Å². The number of carbonyl (C=O) groups excluding carboxylic acids is 1. The highest BCUT2D eigenvalue weighted by Gasteiger charge is 2.10. The van der Waals surface area contributed by atoms with Gasteiger partial charge in [-0.05, 0) is 12.1 Å². The number of carbonyl (C=O) groups is 1. The zero-order chi connectivity index (χ0) is 13.9. The maximum Gasteiger partial charge on any atom is 0.153 e. The number of rotatable bonds is 3. The topological polar surface area (TPSA) is 82.0 Å². The van der Waals surface area contributed by atoms with E-state index < -0.39 is 0 Å². The average Bonchev–Trinajstić information content (AvgIpc) is 3.02. The molecule has 20 heavy (non-hydrogen) atoms. The summed E-state index contributed by atoms with van der Waals surface area (Å²) in [7, 11) is 0. The van der Waals surface area contributed by atoms with E-state index in [1.807, 2.05) is 0 Å².